The Hall–Kier alpha value is -1.91. The number of rotatable bonds is 9. The minimum absolute atomic E-state index is 0.0862. The first-order chi connectivity index (χ1) is 9.99. The molecule has 0 aromatic heterocycles. The number of hydrogen-bond donors (Lipinski definition) is 2. The molecule has 0 fully saturated rings. The van der Waals surface area contributed by atoms with Gasteiger partial charge in [0.2, 0.25) is 5.91 Å². The first kappa shape index (κ1) is 17.1. The molecule has 116 valence electrons. The molecule has 1 rings (SSSR count). The Labute approximate surface area is 124 Å². The van der Waals surface area contributed by atoms with E-state index in [-0.39, 0.29) is 11.5 Å². The van der Waals surface area contributed by atoms with Crippen molar-refractivity contribution in [1.82, 2.24) is 0 Å². The van der Waals surface area contributed by atoms with Crippen molar-refractivity contribution >= 4 is 17.6 Å². The molecule has 0 aliphatic rings. The summed E-state index contributed by atoms with van der Waals surface area (Å²) in [7, 11) is 0. The number of carboxylic acid groups (broad SMARTS) is 1. The monoisotopic (exact) mass is 295 g/mol. The maximum atomic E-state index is 12.6. The van der Waals surface area contributed by atoms with Gasteiger partial charge >= 0.3 is 5.97 Å². The normalized spacial score (nSPS) is 11.9. The zero-order valence-corrected chi connectivity index (χ0v) is 12.3. The van der Waals surface area contributed by atoms with Crippen LogP contribution in [0.25, 0.3) is 0 Å². The van der Waals surface area contributed by atoms with Crippen LogP contribution in [0.15, 0.2) is 24.3 Å². The molecule has 4 nitrogen and oxygen atoms in total. The molecule has 0 aliphatic carbocycles. The molecule has 0 heterocycles. The van der Waals surface area contributed by atoms with Gasteiger partial charge in [0.1, 0.15) is 0 Å². The topological polar surface area (TPSA) is 66.4 Å². The lowest BCUT2D eigenvalue weighted by Crippen LogP contribution is -2.11. The fourth-order valence-electron chi connectivity index (χ4n) is 1.98. The van der Waals surface area contributed by atoms with Gasteiger partial charge in [-0.15, -0.1) is 0 Å². The molecule has 0 radical (unpaired) electrons. The Kier molecular flexibility index (Phi) is 7.43. The van der Waals surface area contributed by atoms with Crippen LogP contribution >= 0.6 is 0 Å². The summed E-state index contributed by atoms with van der Waals surface area (Å²) in [5.74, 6) is -1.08. The van der Waals surface area contributed by atoms with Crippen molar-refractivity contribution in [2.24, 2.45) is 0 Å². The standard InChI is InChI=1S/C16H22FNO3/c1-12(17)6-4-2-3-5-7-15(19)18-14-10-8-13(9-11-14)16(20)21/h8-12H,2-7H2,1H3,(H,18,19)(H,20,21). The number of halogens is 1. The summed E-state index contributed by atoms with van der Waals surface area (Å²) in [4.78, 5) is 22.4. The van der Waals surface area contributed by atoms with Gasteiger partial charge in [-0.1, -0.05) is 19.3 Å². The van der Waals surface area contributed by atoms with E-state index in [1.165, 1.54) is 12.1 Å². The number of unbranched alkanes of at least 4 members (excludes halogenated alkanes) is 3. The third-order valence-corrected chi connectivity index (χ3v) is 3.17. The number of anilines is 1. The van der Waals surface area contributed by atoms with Gasteiger partial charge in [0.15, 0.2) is 0 Å². The van der Waals surface area contributed by atoms with Crippen LogP contribution in [-0.4, -0.2) is 23.2 Å². The van der Waals surface area contributed by atoms with Crippen molar-refractivity contribution in [3.63, 3.8) is 0 Å². The Balaban J connectivity index is 2.20. The van der Waals surface area contributed by atoms with E-state index in [1.807, 2.05) is 0 Å². The van der Waals surface area contributed by atoms with E-state index < -0.39 is 12.1 Å². The smallest absolute Gasteiger partial charge is 0.335 e. The average Bonchev–Trinajstić information content (AvgIpc) is 2.43. The number of benzene rings is 1. The van der Waals surface area contributed by atoms with Gasteiger partial charge in [0.25, 0.3) is 0 Å². The Morgan fingerprint density at radius 3 is 2.33 bits per heavy atom. The zero-order valence-electron chi connectivity index (χ0n) is 12.3. The maximum Gasteiger partial charge on any atom is 0.335 e. The van der Waals surface area contributed by atoms with E-state index in [9.17, 15) is 14.0 Å². The molecular formula is C16H22FNO3. The summed E-state index contributed by atoms with van der Waals surface area (Å²) >= 11 is 0. The molecule has 0 bridgehead atoms. The van der Waals surface area contributed by atoms with Crippen LogP contribution in [0.1, 0.15) is 55.8 Å². The molecule has 0 saturated heterocycles. The van der Waals surface area contributed by atoms with Crippen LogP contribution in [0.3, 0.4) is 0 Å². The summed E-state index contributed by atoms with van der Waals surface area (Å²) in [6.45, 7) is 1.56. The molecule has 1 unspecified atom stereocenters. The Morgan fingerprint density at radius 1 is 1.14 bits per heavy atom. The maximum absolute atomic E-state index is 12.6. The molecular weight excluding hydrogens is 273 g/mol. The molecule has 2 N–H and O–H groups in total. The number of carbonyl (C=O) groups excluding carboxylic acids is 1. The lowest BCUT2D eigenvalue weighted by Gasteiger charge is -2.06. The Bertz CT molecular complexity index is 457. The predicted molar refractivity (Wildman–Crippen MR) is 80.3 cm³/mol. The van der Waals surface area contributed by atoms with Crippen LogP contribution in [-0.2, 0) is 4.79 Å². The van der Waals surface area contributed by atoms with Crippen molar-refractivity contribution in [3.05, 3.63) is 29.8 Å². The summed E-state index contributed by atoms with van der Waals surface area (Å²) in [6.07, 6.45) is 3.75. The van der Waals surface area contributed by atoms with Gasteiger partial charge in [-0.25, -0.2) is 9.18 Å². The van der Waals surface area contributed by atoms with Crippen molar-refractivity contribution in [3.8, 4) is 0 Å². The summed E-state index contributed by atoms with van der Waals surface area (Å²) < 4.78 is 12.6. The van der Waals surface area contributed by atoms with Crippen molar-refractivity contribution in [1.29, 1.82) is 0 Å². The second kappa shape index (κ2) is 9.10. The zero-order chi connectivity index (χ0) is 15.7. The van der Waals surface area contributed by atoms with E-state index in [0.29, 0.717) is 18.5 Å². The number of carboxylic acids is 1. The fourth-order valence-corrected chi connectivity index (χ4v) is 1.98. The van der Waals surface area contributed by atoms with E-state index in [1.54, 1.807) is 19.1 Å². The van der Waals surface area contributed by atoms with Crippen LogP contribution in [0.2, 0.25) is 0 Å². The van der Waals surface area contributed by atoms with Crippen LogP contribution in [0.5, 0.6) is 0 Å². The van der Waals surface area contributed by atoms with Crippen molar-refractivity contribution < 1.29 is 19.1 Å². The highest BCUT2D eigenvalue weighted by molar-refractivity contribution is 5.92. The number of carbonyl (C=O) groups is 2. The Morgan fingerprint density at radius 2 is 1.76 bits per heavy atom. The van der Waals surface area contributed by atoms with Gasteiger partial charge in [-0.2, -0.15) is 0 Å². The van der Waals surface area contributed by atoms with Gasteiger partial charge in [0.05, 0.1) is 11.7 Å². The highest BCUT2D eigenvalue weighted by atomic mass is 19.1. The van der Waals surface area contributed by atoms with Crippen molar-refractivity contribution in [2.45, 2.75) is 51.6 Å². The molecule has 0 aliphatic heterocycles. The second-order valence-electron chi connectivity index (χ2n) is 5.16. The van der Waals surface area contributed by atoms with Gasteiger partial charge in [-0.3, -0.25) is 4.79 Å². The average molecular weight is 295 g/mol. The first-order valence-corrected chi connectivity index (χ1v) is 7.26. The highest BCUT2D eigenvalue weighted by Gasteiger charge is 2.05. The molecule has 0 spiro atoms. The quantitative estimate of drug-likeness (QED) is 0.676. The number of hydrogen-bond acceptors (Lipinski definition) is 2. The van der Waals surface area contributed by atoms with Gasteiger partial charge in [0, 0.05) is 12.1 Å². The van der Waals surface area contributed by atoms with Crippen LogP contribution in [0, 0.1) is 0 Å². The molecule has 1 aromatic rings. The summed E-state index contributed by atoms with van der Waals surface area (Å²) in [5.41, 5.74) is 0.784. The predicted octanol–water partition coefficient (Wildman–Crippen LogP) is 4.02. The lowest BCUT2D eigenvalue weighted by molar-refractivity contribution is -0.116. The molecule has 21 heavy (non-hydrogen) atoms. The number of amides is 1. The van der Waals surface area contributed by atoms with Crippen LogP contribution < -0.4 is 5.32 Å². The molecule has 0 saturated carbocycles. The number of nitrogens with one attached hydrogen (secondary N) is 1. The minimum Gasteiger partial charge on any atom is -0.478 e. The van der Waals surface area contributed by atoms with E-state index in [0.717, 1.165) is 25.7 Å². The van der Waals surface area contributed by atoms with E-state index >= 15 is 0 Å². The van der Waals surface area contributed by atoms with Crippen LogP contribution in [0.4, 0.5) is 10.1 Å². The van der Waals surface area contributed by atoms with E-state index in [2.05, 4.69) is 5.32 Å². The minimum atomic E-state index is -0.990. The third kappa shape index (κ3) is 7.44. The first-order valence-electron chi connectivity index (χ1n) is 7.26. The van der Waals surface area contributed by atoms with E-state index in [4.69, 9.17) is 5.11 Å². The highest BCUT2D eigenvalue weighted by Crippen LogP contribution is 2.12. The SMILES string of the molecule is CC(F)CCCCCCC(=O)Nc1ccc(C(=O)O)cc1. The largest absolute Gasteiger partial charge is 0.478 e. The summed E-state index contributed by atoms with van der Waals surface area (Å²) in [6, 6.07) is 6.06. The molecule has 1 aromatic carbocycles. The third-order valence-electron chi connectivity index (χ3n) is 3.17. The lowest BCUT2D eigenvalue weighted by atomic mass is 10.1. The van der Waals surface area contributed by atoms with Gasteiger partial charge in [-0.05, 0) is 44.0 Å². The van der Waals surface area contributed by atoms with Gasteiger partial charge < -0.3 is 10.4 Å². The molecule has 5 heteroatoms. The molecule has 1 amide bonds. The fraction of sp³-hybridized carbons (Fsp3) is 0.500. The molecule has 1 atom stereocenters. The second-order valence-corrected chi connectivity index (χ2v) is 5.16. The summed E-state index contributed by atoms with van der Waals surface area (Å²) in [5, 5.41) is 11.5. The number of aromatic carboxylic acids is 1. The van der Waals surface area contributed by atoms with Crippen molar-refractivity contribution in [2.75, 3.05) is 5.32 Å². The number of alkyl halides is 1.